The van der Waals surface area contributed by atoms with Crippen LogP contribution in [0.2, 0.25) is 0 Å². The lowest BCUT2D eigenvalue weighted by Gasteiger charge is -2.36. The number of carbonyl (C=O) groups is 1. The summed E-state index contributed by atoms with van der Waals surface area (Å²) < 4.78 is 5.39. The van der Waals surface area contributed by atoms with E-state index in [-0.39, 0.29) is 11.9 Å². The molecule has 3 N–H and O–H groups in total. The molecule has 126 valence electrons. The zero-order chi connectivity index (χ0) is 17.0. The van der Waals surface area contributed by atoms with Crippen molar-refractivity contribution >= 4 is 17.6 Å². The summed E-state index contributed by atoms with van der Waals surface area (Å²) in [5.41, 5.74) is 6.79. The molecule has 2 rings (SSSR count). The van der Waals surface area contributed by atoms with Crippen molar-refractivity contribution in [1.29, 1.82) is 0 Å². The molecule has 1 aliphatic heterocycles. The number of hydrogen-bond donors (Lipinski definition) is 2. The van der Waals surface area contributed by atoms with Gasteiger partial charge in [0, 0.05) is 37.4 Å². The van der Waals surface area contributed by atoms with Crippen molar-refractivity contribution < 1.29 is 14.7 Å². The fraction of sp³-hybridized carbons (Fsp3) is 0.500. The number of nitrogens with zero attached hydrogens (tertiary/aromatic N) is 3. The topological polar surface area (TPSA) is 91.4 Å². The lowest BCUT2D eigenvalue weighted by atomic mass is 10.1. The molecule has 0 spiro atoms. The van der Waals surface area contributed by atoms with Crippen molar-refractivity contribution in [3.63, 3.8) is 0 Å². The van der Waals surface area contributed by atoms with Gasteiger partial charge < -0.3 is 25.5 Å². The second-order valence-corrected chi connectivity index (χ2v) is 6.49. The number of carbonyl (C=O) groups excluding carboxylic acids is 1. The number of ether oxygens (including phenoxy) is 1. The largest absolute Gasteiger partial charge is 0.444 e. The number of benzene rings is 1. The first-order valence-corrected chi connectivity index (χ1v) is 7.61. The Morgan fingerprint density at radius 1 is 1.17 bits per heavy atom. The summed E-state index contributed by atoms with van der Waals surface area (Å²) in [6.45, 7) is 8.32. The summed E-state index contributed by atoms with van der Waals surface area (Å²) in [6, 6.07) is 7.47. The molecule has 0 saturated carbocycles. The van der Waals surface area contributed by atoms with E-state index in [1.807, 2.05) is 45.0 Å². The molecule has 1 amide bonds. The van der Waals surface area contributed by atoms with E-state index < -0.39 is 5.60 Å². The molecule has 23 heavy (non-hydrogen) atoms. The van der Waals surface area contributed by atoms with Crippen LogP contribution in [0.3, 0.4) is 0 Å². The molecule has 0 aliphatic carbocycles. The predicted molar refractivity (Wildman–Crippen MR) is 89.0 cm³/mol. The first-order chi connectivity index (χ1) is 10.8. The predicted octanol–water partition coefficient (Wildman–Crippen LogP) is 1.84. The Morgan fingerprint density at radius 3 is 2.22 bits per heavy atom. The standard InChI is InChI=1S/C16H24N4O3/c1-16(2,3)23-15(21)20-10-8-19(9-11-20)13-6-4-12(5-7-13)14(17)18-22/h4-7,22H,8-11H2,1-3H3,(H2,17,18). The van der Waals surface area contributed by atoms with Crippen LogP contribution in [0.15, 0.2) is 29.4 Å². The molecule has 0 aromatic heterocycles. The number of rotatable bonds is 2. The van der Waals surface area contributed by atoms with Gasteiger partial charge in [-0.2, -0.15) is 0 Å². The van der Waals surface area contributed by atoms with E-state index in [2.05, 4.69) is 10.1 Å². The highest BCUT2D eigenvalue weighted by Crippen LogP contribution is 2.18. The highest BCUT2D eigenvalue weighted by Gasteiger charge is 2.25. The van der Waals surface area contributed by atoms with E-state index in [0.717, 1.165) is 18.8 Å². The molecule has 0 unspecified atom stereocenters. The van der Waals surface area contributed by atoms with Crippen LogP contribution in [-0.4, -0.2) is 53.8 Å². The van der Waals surface area contributed by atoms with Crippen molar-refractivity contribution in [2.45, 2.75) is 26.4 Å². The van der Waals surface area contributed by atoms with Crippen LogP contribution >= 0.6 is 0 Å². The van der Waals surface area contributed by atoms with Gasteiger partial charge in [-0.15, -0.1) is 0 Å². The third kappa shape index (κ3) is 4.51. The van der Waals surface area contributed by atoms with Crippen LogP contribution in [0.1, 0.15) is 26.3 Å². The third-order valence-electron chi connectivity index (χ3n) is 3.57. The maximum absolute atomic E-state index is 12.0. The van der Waals surface area contributed by atoms with Gasteiger partial charge in [-0.3, -0.25) is 0 Å². The van der Waals surface area contributed by atoms with Gasteiger partial charge in [0.2, 0.25) is 0 Å². The van der Waals surface area contributed by atoms with E-state index in [1.165, 1.54) is 0 Å². The van der Waals surface area contributed by atoms with Gasteiger partial charge in [0.1, 0.15) is 5.60 Å². The summed E-state index contributed by atoms with van der Waals surface area (Å²) >= 11 is 0. The van der Waals surface area contributed by atoms with Gasteiger partial charge in [0.05, 0.1) is 0 Å². The maximum Gasteiger partial charge on any atom is 0.410 e. The third-order valence-corrected chi connectivity index (χ3v) is 3.57. The lowest BCUT2D eigenvalue weighted by molar-refractivity contribution is 0.0240. The first kappa shape index (κ1) is 16.9. The maximum atomic E-state index is 12.0. The van der Waals surface area contributed by atoms with Crippen molar-refractivity contribution in [2.24, 2.45) is 10.9 Å². The van der Waals surface area contributed by atoms with Crippen LogP contribution in [-0.2, 0) is 4.74 Å². The zero-order valence-electron chi connectivity index (χ0n) is 13.8. The molecule has 1 fully saturated rings. The van der Waals surface area contributed by atoms with Crippen LogP contribution < -0.4 is 10.6 Å². The van der Waals surface area contributed by atoms with Gasteiger partial charge in [-0.25, -0.2) is 4.79 Å². The molecular weight excluding hydrogens is 296 g/mol. The summed E-state index contributed by atoms with van der Waals surface area (Å²) in [4.78, 5) is 16.0. The van der Waals surface area contributed by atoms with Gasteiger partial charge in [0.25, 0.3) is 0 Å². The highest BCUT2D eigenvalue weighted by atomic mass is 16.6. The Morgan fingerprint density at radius 2 is 1.74 bits per heavy atom. The van der Waals surface area contributed by atoms with Crippen LogP contribution in [0.5, 0.6) is 0 Å². The van der Waals surface area contributed by atoms with E-state index in [0.29, 0.717) is 18.7 Å². The van der Waals surface area contributed by atoms with Crippen molar-refractivity contribution in [3.8, 4) is 0 Å². The number of anilines is 1. The number of amidine groups is 1. The minimum absolute atomic E-state index is 0.0892. The molecule has 7 nitrogen and oxygen atoms in total. The quantitative estimate of drug-likeness (QED) is 0.375. The fourth-order valence-electron chi connectivity index (χ4n) is 2.37. The smallest absolute Gasteiger partial charge is 0.410 e. The Hall–Kier alpha value is -2.44. The summed E-state index contributed by atoms with van der Waals surface area (Å²) in [7, 11) is 0. The lowest BCUT2D eigenvalue weighted by Crippen LogP contribution is -2.50. The second kappa shape index (κ2) is 6.76. The normalized spacial score (nSPS) is 16.4. The van der Waals surface area contributed by atoms with E-state index in [9.17, 15) is 4.79 Å². The van der Waals surface area contributed by atoms with Gasteiger partial charge in [-0.05, 0) is 45.0 Å². The monoisotopic (exact) mass is 320 g/mol. The molecule has 7 heteroatoms. The average Bonchev–Trinajstić information content (AvgIpc) is 2.53. The second-order valence-electron chi connectivity index (χ2n) is 6.49. The number of amides is 1. The number of nitrogens with two attached hydrogens (primary N) is 1. The Kier molecular flexibility index (Phi) is 4.98. The molecule has 0 atom stereocenters. The first-order valence-electron chi connectivity index (χ1n) is 7.61. The number of oxime groups is 1. The SMILES string of the molecule is CC(C)(C)OC(=O)N1CCN(c2ccc(/C(N)=N/O)cc2)CC1. The Bertz CT molecular complexity index is 570. The molecule has 1 saturated heterocycles. The molecular formula is C16H24N4O3. The summed E-state index contributed by atoms with van der Waals surface area (Å²) in [5.74, 6) is 0.0892. The molecule has 0 bridgehead atoms. The van der Waals surface area contributed by atoms with Crippen LogP contribution in [0.4, 0.5) is 10.5 Å². The molecule has 1 aromatic carbocycles. The van der Waals surface area contributed by atoms with E-state index in [1.54, 1.807) is 4.90 Å². The van der Waals surface area contributed by atoms with Crippen LogP contribution in [0.25, 0.3) is 0 Å². The van der Waals surface area contributed by atoms with Gasteiger partial charge in [0.15, 0.2) is 5.84 Å². The van der Waals surface area contributed by atoms with Gasteiger partial charge >= 0.3 is 6.09 Å². The van der Waals surface area contributed by atoms with Gasteiger partial charge in [-0.1, -0.05) is 5.16 Å². The number of hydrogen-bond acceptors (Lipinski definition) is 5. The molecule has 1 heterocycles. The fourth-order valence-corrected chi connectivity index (χ4v) is 2.37. The molecule has 1 aromatic rings. The van der Waals surface area contributed by atoms with Crippen molar-refractivity contribution in [3.05, 3.63) is 29.8 Å². The minimum Gasteiger partial charge on any atom is -0.444 e. The Balaban J connectivity index is 1.93. The molecule has 1 aliphatic rings. The molecule has 0 radical (unpaired) electrons. The van der Waals surface area contributed by atoms with Crippen LogP contribution in [0, 0.1) is 0 Å². The van der Waals surface area contributed by atoms with E-state index >= 15 is 0 Å². The average molecular weight is 320 g/mol. The van der Waals surface area contributed by atoms with Crippen molar-refractivity contribution in [2.75, 3.05) is 31.1 Å². The summed E-state index contributed by atoms with van der Waals surface area (Å²) in [6.07, 6.45) is -0.264. The minimum atomic E-state index is -0.474. The highest BCUT2D eigenvalue weighted by molar-refractivity contribution is 5.97. The number of piperazine rings is 1. The Labute approximate surface area is 136 Å². The van der Waals surface area contributed by atoms with Crippen molar-refractivity contribution in [1.82, 2.24) is 4.90 Å². The zero-order valence-corrected chi connectivity index (χ0v) is 13.8. The van der Waals surface area contributed by atoms with E-state index in [4.69, 9.17) is 15.7 Å². The summed E-state index contributed by atoms with van der Waals surface area (Å²) in [5, 5.41) is 11.7.